The van der Waals surface area contributed by atoms with Crippen molar-refractivity contribution in [2.45, 2.75) is 13.8 Å². The average Bonchev–Trinajstić information content (AvgIpc) is 2.21. The van der Waals surface area contributed by atoms with E-state index >= 15 is 0 Å². The SMILES string of the molecule is C=C(C)C(=O)Nc1ccccc1OCC. The molecule has 15 heavy (non-hydrogen) atoms. The summed E-state index contributed by atoms with van der Waals surface area (Å²) < 4.78 is 5.37. The molecule has 0 saturated heterocycles. The Balaban J connectivity index is 2.84. The van der Waals surface area contributed by atoms with Crippen LogP contribution >= 0.6 is 0 Å². The monoisotopic (exact) mass is 205 g/mol. The van der Waals surface area contributed by atoms with E-state index in [0.717, 1.165) is 0 Å². The lowest BCUT2D eigenvalue weighted by atomic mass is 10.2. The number of carbonyl (C=O) groups excluding carboxylic acids is 1. The molecular weight excluding hydrogens is 190 g/mol. The van der Waals surface area contributed by atoms with E-state index < -0.39 is 0 Å². The normalized spacial score (nSPS) is 9.47. The Morgan fingerprint density at radius 1 is 1.47 bits per heavy atom. The molecule has 0 aliphatic carbocycles. The van der Waals surface area contributed by atoms with Gasteiger partial charge in [0.25, 0.3) is 5.91 Å². The summed E-state index contributed by atoms with van der Waals surface area (Å²) in [4.78, 5) is 11.4. The van der Waals surface area contributed by atoms with Crippen LogP contribution in [0.2, 0.25) is 0 Å². The number of hydrogen-bond acceptors (Lipinski definition) is 2. The Kier molecular flexibility index (Phi) is 3.92. The molecule has 0 atom stereocenters. The Morgan fingerprint density at radius 3 is 2.73 bits per heavy atom. The maximum Gasteiger partial charge on any atom is 0.250 e. The summed E-state index contributed by atoms with van der Waals surface area (Å²) in [7, 11) is 0. The summed E-state index contributed by atoms with van der Waals surface area (Å²) in [5, 5.41) is 2.73. The van der Waals surface area contributed by atoms with Gasteiger partial charge in [-0.15, -0.1) is 0 Å². The minimum absolute atomic E-state index is 0.192. The molecule has 0 aliphatic rings. The molecule has 1 aromatic carbocycles. The molecule has 3 nitrogen and oxygen atoms in total. The van der Waals surface area contributed by atoms with Crippen LogP contribution < -0.4 is 10.1 Å². The number of anilines is 1. The van der Waals surface area contributed by atoms with E-state index in [1.54, 1.807) is 13.0 Å². The number of para-hydroxylation sites is 2. The minimum atomic E-state index is -0.192. The first-order chi connectivity index (χ1) is 7.15. The lowest BCUT2D eigenvalue weighted by Crippen LogP contribution is -2.12. The van der Waals surface area contributed by atoms with E-state index in [1.807, 2.05) is 25.1 Å². The highest BCUT2D eigenvalue weighted by Crippen LogP contribution is 2.23. The molecule has 3 heteroatoms. The van der Waals surface area contributed by atoms with Crippen LogP contribution in [-0.2, 0) is 4.79 Å². The highest BCUT2D eigenvalue weighted by atomic mass is 16.5. The second-order valence-electron chi connectivity index (χ2n) is 3.16. The van der Waals surface area contributed by atoms with Crippen LogP contribution in [0.3, 0.4) is 0 Å². The largest absolute Gasteiger partial charge is 0.492 e. The molecular formula is C12H15NO2. The van der Waals surface area contributed by atoms with Crippen LogP contribution in [0.5, 0.6) is 5.75 Å². The van der Waals surface area contributed by atoms with Crippen LogP contribution in [-0.4, -0.2) is 12.5 Å². The number of rotatable bonds is 4. The van der Waals surface area contributed by atoms with Crippen molar-refractivity contribution < 1.29 is 9.53 Å². The van der Waals surface area contributed by atoms with Crippen LogP contribution in [0, 0.1) is 0 Å². The quantitative estimate of drug-likeness (QED) is 0.767. The smallest absolute Gasteiger partial charge is 0.250 e. The van der Waals surface area contributed by atoms with Gasteiger partial charge < -0.3 is 10.1 Å². The van der Waals surface area contributed by atoms with Crippen molar-refractivity contribution >= 4 is 11.6 Å². The maximum absolute atomic E-state index is 11.4. The Morgan fingerprint density at radius 2 is 2.13 bits per heavy atom. The molecule has 80 valence electrons. The summed E-state index contributed by atoms with van der Waals surface area (Å²) in [6, 6.07) is 7.32. The highest BCUT2D eigenvalue weighted by molar-refractivity contribution is 6.03. The van der Waals surface area contributed by atoms with Crippen molar-refractivity contribution in [1.82, 2.24) is 0 Å². The van der Waals surface area contributed by atoms with Crippen molar-refractivity contribution in [2.24, 2.45) is 0 Å². The maximum atomic E-state index is 11.4. The van der Waals surface area contributed by atoms with Gasteiger partial charge >= 0.3 is 0 Å². The lowest BCUT2D eigenvalue weighted by molar-refractivity contribution is -0.112. The van der Waals surface area contributed by atoms with Gasteiger partial charge in [0, 0.05) is 5.57 Å². The fourth-order valence-electron chi connectivity index (χ4n) is 1.08. The zero-order valence-corrected chi connectivity index (χ0v) is 9.04. The second-order valence-corrected chi connectivity index (χ2v) is 3.16. The highest BCUT2D eigenvalue weighted by Gasteiger charge is 2.06. The predicted molar refractivity (Wildman–Crippen MR) is 61.1 cm³/mol. The van der Waals surface area contributed by atoms with Crippen molar-refractivity contribution in [3.8, 4) is 5.75 Å². The molecule has 0 unspecified atom stereocenters. The summed E-state index contributed by atoms with van der Waals surface area (Å²) in [5.74, 6) is 0.483. The molecule has 1 amide bonds. The van der Waals surface area contributed by atoms with E-state index in [-0.39, 0.29) is 5.91 Å². The van der Waals surface area contributed by atoms with E-state index in [1.165, 1.54) is 0 Å². The third-order valence-corrected chi connectivity index (χ3v) is 1.82. The van der Waals surface area contributed by atoms with Crippen molar-refractivity contribution in [2.75, 3.05) is 11.9 Å². The zero-order valence-electron chi connectivity index (χ0n) is 9.04. The van der Waals surface area contributed by atoms with Gasteiger partial charge in [-0.25, -0.2) is 0 Å². The van der Waals surface area contributed by atoms with Crippen molar-refractivity contribution in [3.05, 3.63) is 36.4 Å². The van der Waals surface area contributed by atoms with E-state index in [0.29, 0.717) is 23.6 Å². The number of hydrogen-bond donors (Lipinski definition) is 1. The van der Waals surface area contributed by atoms with E-state index in [9.17, 15) is 4.79 Å². The van der Waals surface area contributed by atoms with Gasteiger partial charge in [0.05, 0.1) is 12.3 Å². The first-order valence-corrected chi connectivity index (χ1v) is 4.83. The predicted octanol–water partition coefficient (Wildman–Crippen LogP) is 2.60. The number of amides is 1. The Labute approximate surface area is 89.8 Å². The third kappa shape index (κ3) is 3.13. The summed E-state index contributed by atoms with van der Waals surface area (Å²) in [6.07, 6.45) is 0. The lowest BCUT2D eigenvalue weighted by Gasteiger charge is -2.10. The number of nitrogens with one attached hydrogen (secondary N) is 1. The van der Waals surface area contributed by atoms with Gasteiger partial charge in [0.2, 0.25) is 0 Å². The second kappa shape index (κ2) is 5.20. The van der Waals surface area contributed by atoms with Crippen molar-refractivity contribution in [3.63, 3.8) is 0 Å². The Bertz CT molecular complexity index is 372. The summed E-state index contributed by atoms with van der Waals surface area (Å²) >= 11 is 0. The fourth-order valence-corrected chi connectivity index (χ4v) is 1.08. The molecule has 1 aromatic rings. The molecule has 0 aromatic heterocycles. The first-order valence-electron chi connectivity index (χ1n) is 4.83. The van der Waals surface area contributed by atoms with Crippen LogP contribution in [0.15, 0.2) is 36.4 Å². The summed E-state index contributed by atoms with van der Waals surface area (Å²) in [5.41, 5.74) is 1.15. The number of carbonyl (C=O) groups is 1. The van der Waals surface area contributed by atoms with Gasteiger partial charge in [-0.05, 0) is 26.0 Å². The molecule has 0 saturated carbocycles. The van der Waals surface area contributed by atoms with Crippen LogP contribution in [0.4, 0.5) is 5.69 Å². The van der Waals surface area contributed by atoms with Gasteiger partial charge in [-0.1, -0.05) is 18.7 Å². The van der Waals surface area contributed by atoms with Gasteiger partial charge in [0.15, 0.2) is 0 Å². The van der Waals surface area contributed by atoms with Crippen LogP contribution in [0.1, 0.15) is 13.8 Å². The topological polar surface area (TPSA) is 38.3 Å². The zero-order chi connectivity index (χ0) is 11.3. The van der Waals surface area contributed by atoms with Gasteiger partial charge in [0.1, 0.15) is 5.75 Å². The standard InChI is InChI=1S/C12H15NO2/c1-4-15-11-8-6-5-7-10(11)13-12(14)9(2)3/h5-8H,2,4H2,1,3H3,(H,13,14). The van der Waals surface area contributed by atoms with Crippen LogP contribution in [0.25, 0.3) is 0 Å². The molecule has 0 heterocycles. The number of ether oxygens (including phenoxy) is 1. The van der Waals surface area contributed by atoms with Crippen molar-refractivity contribution in [1.29, 1.82) is 0 Å². The molecule has 0 spiro atoms. The molecule has 0 radical (unpaired) electrons. The minimum Gasteiger partial charge on any atom is -0.492 e. The van der Waals surface area contributed by atoms with E-state index in [2.05, 4.69) is 11.9 Å². The van der Waals surface area contributed by atoms with E-state index in [4.69, 9.17) is 4.74 Å². The average molecular weight is 205 g/mol. The third-order valence-electron chi connectivity index (χ3n) is 1.82. The first kappa shape index (κ1) is 11.3. The molecule has 0 bridgehead atoms. The summed E-state index contributed by atoms with van der Waals surface area (Å²) in [6.45, 7) is 7.71. The van der Waals surface area contributed by atoms with Gasteiger partial charge in [-0.2, -0.15) is 0 Å². The fraction of sp³-hybridized carbons (Fsp3) is 0.250. The number of benzene rings is 1. The molecule has 0 aliphatic heterocycles. The molecule has 0 fully saturated rings. The Hall–Kier alpha value is -1.77. The molecule has 1 rings (SSSR count). The molecule has 1 N–H and O–H groups in total. The van der Waals surface area contributed by atoms with Gasteiger partial charge in [-0.3, -0.25) is 4.79 Å².